The Morgan fingerprint density at radius 2 is 1.96 bits per heavy atom. The van der Waals surface area contributed by atoms with E-state index in [0.29, 0.717) is 13.0 Å². The number of aromatic nitrogens is 2. The number of anilines is 1. The molecule has 2 heterocycles. The zero-order chi connectivity index (χ0) is 18.2. The second-order valence-corrected chi connectivity index (χ2v) is 7.32. The lowest BCUT2D eigenvalue weighted by molar-refractivity contribution is -0.135. The van der Waals surface area contributed by atoms with Crippen molar-refractivity contribution in [1.82, 2.24) is 14.9 Å². The highest BCUT2D eigenvalue weighted by molar-refractivity contribution is 5.95. The summed E-state index contributed by atoms with van der Waals surface area (Å²) in [6, 6.07) is 7.68. The van der Waals surface area contributed by atoms with Crippen molar-refractivity contribution >= 4 is 17.5 Å². The molecule has 1 atom stereocenters. The third-order valence-corrected chi connectivity index (χ3v) is 4.92. The molecule has 2 N–H and O–H groups in total. The molecule has 0 radical (unpaired) electrons. The summed E-state index contributed by atoms with van der Waals surface area (Å²) >= 11 is 0. The van der Waals surface area contributed by atoms with Crippen LogP contribution in [0.2, 0.25) is 0 Å². The molecule has 3 rings (SSSR count). The number of rotatable bonds is 3. The average Bonchev–Trinajstić information content (AvgIpc) is 2.90. The fourth-order valence-corrected chi connectivity index (χ4v) is 3.13. The van der Waals surface area contributed by atoms with Crippen molar-refractivity contribution < 1.29 is 9.59 Å². The minimum absolute atomic E-state index is 0.00639. The number of carbonyl (C=O) groups is 2. The number of aryl methyl sites for hydroxylation is 1. The number of nitrogens with one attached hydrogen (secondary N) is 2. The highest BCUT2D eigenvalue weighted by Gasteiger charge is 2.38. The first-order valence-electron chi connectivity index (χ1n) is 8.48. The van der Waals surface area contributed by atoms with Crippen LogP contribution in [0.25, 0.3) is 5.69 Å². The zero-order valence-corrected chi connectivity index (χ0v) is 15.1. The topological polar surface area (TPSA) is 76.0 Å². The van der Waals surface area contributed by atoms with E-state index in [-0.39, 0.29) is 17.7 Å². The first-order chi connectivity index (χ1) is 11.8. The van der Waals surface area contributed by atoms with Gasteiger partial charge in [0.05, 0.1) is 17.9 Å². The number of amides is 2. The molecule has 0 saturated carbocycles. The number of imidazole rings is 1. The van der Waals surface area contributed by atoms with E-state index in [4.69, 9.17) is 0 Å². The molecule has 0 bridgehead atoms. The van der Waals surface area contributed by atoms with Crippen LogP contribution < -0.4 is 10.6 Å². The summed E-state index contributed by atoms with van der Waals surface area (Å²) in [7, 11) is 0. The second-order valence-electron chi connectivity index (χ2n) is 7.32. The summed E-state index contributed by atoms with van der Waals surface area (Å²) in [5.41, 5.74) is 3.33. The van der Waals surface area contributed by atoms with Gasteiger partial charge in [-0.1, -0.05) is 13.8 Å². The fraction of sp³-hybridized carbons (Fsp3) is 0.421. The molecule has 132 valence electrons. The summed E-state index contributed by atoms with van der Waals surface area (Å²) in [5.74, 6) is -0.270. The summed E-state index contributed by atoms with van der Waals surface area (Å²) in [6.45, 7) is 8.12. The van der Waals surface area contributed by atoms with Gasteiger partial charge < -0.3 is 15.2 Å². The van der Waals surface area contributed by atoms with E-state index >= 15 is 0 Å². The number of hydrogen-bond acceptors (Lipinski definition) is 3. The van der Waals surface area contributed by atoms with Crippen molar-refractivity contribution in [2.75, 3.05) is 11.9 Å². The Kier molecular flexibility index (Phi) is 4.37. The Morgan fingerprint density at radius 1 is 1.28 bits per heavy atom. The molecule has 1 aliphatic rings. The standard InChI is InChI=1S/C19H24N4O2/c1-12-13(2)23(11-21-12)16-7-5-15(6-8-16)22-17(24)14-9-19(3,4)18(25)20-10-14/h5-8,11,14H,9-10H2,1-4H3,(H,20,25)(H,22,24). The first kappa shape index (κ1) is 17.2. The van der Waals surface area contributed by atoms with Crippen LogP contribution in [0.5, 0.6) is 0 Å². The fourth-order valence-electron chi connectivity index (χ4n) is 3.13. The lowest BCUT2D eigenvalue weighted by atomic mass is 9.78. The lowest BCUT2D eigenvalue weighted by Gasteiger charge is -2.33. The van der Waals surface area contributed by atoms with Gasteiger partial charge in [0.15, 0.2) is 0 Å². The van der Waals surface area contributed by atoms with E-state index in [1.54, 1.807) is 6.33 Å². The van der Waals surface area contributed by atoms with E-state index in [2.05, 4.69) is 15.6 Å². The molecule has 1 aromatic carbocycles. The SMILES string of the molecule is Cc1ncn(-c2ccc(NC(=O)C3CNC(=O)C(C)(C)C3)cc2)c1C. The van der Waals surface area contributed by atoms with Crippen LogP contribution >= 0.6 is 0 Å². The highest BCUT2D eigenvalue weighted by Crippen LogP contribution is 2.30. The van der Waals surface area contributed by atoms with Crippen LogP contribution in [-0.4, -0.2) is 27.9 Å². The molecule has 2 amide bonds. The maximum absolute atomic E-state index is 12.5. The normalized spacial score (nSPS) is 19.4. The molecule has 6 heteroatoms. The Balaban J connectivity index is 1.68. The minimum atomic E-state index is -0.513. The van der Waals surface area contributed by atoms with Gasteiger partial charge in [-0.05, 0) is 44.5 Å². The monoisotopic (exact) mass is 340 g/mol. The number of benzene rings is 1. The molecule has 2 aromatic rings. The maximum Gasteiger partial charge on any atom is 0.229 e. The molecule has 25 heavy (non-hydrogen) atoms. The predicted octanol–water partition coefficient (Wildman–Crippen LogP) is 2.59. The van der Waals surface area contributed by atoms with Crippen molar-refractivity contribution in [2.24, 2.45) is 11.3 Å². The van der Waals surface area contributed by atoms with Crippen molar-refractivity contribution in [3.05, 3.63) is 42.0 Å². The number of hydrogen-bond donors (Lipinski definition) is 2. The summed E-state index contributed by atoms with van der Waals surface area (Å²) < 4.78 is 2.01. The van der Waals surface area contributed by atoms with Crippen molar-refractivity contribution in [3.8, 4) is 5.69 Å². The second kappa shape index (κ2) is 6.35. The Morgan fingerprint density at radius 3 is 2.52 bits per heavy atom. The summed E-state index contributed by atoms with van der Waals surface area (Å²) in [5, 5.41) is 5.77. The number of nitrogens with zero attached hydrogens (tertiary/aromatic N) is 2. The third kappa shape index (κ3) is 3.43. The van der Waals surface area contributed by atoms with Crippen molar-refractivity contribution in [1.29, 1.82) is 0 Å². The largest absolute Gasteiger partial charge is 0.355 e. The van der Waals surface area contributed by atoms with Gasteiger partial charge in [-0.25, -0.2) is 4.98 Å². The maximum atomic E-state index is 12.5. The van der Waals surface area contributed by atoms with Gasteiger partial charge in [0, 0.05) is 29.0 Å². The van der Waals surface area contributed by atoms with Gasteiger partial charge in [0.2, 0.25) is 11.8 Å². The Labute approximate surface area is 147 Å². The Bertz CT molecular complexity index is 805. The highest BCUT2D eigenvalue weighted by atomic mass is 16.2. The molecule has 1 aliphatic heterocycles. The smallest absolute Gasteiger partial charge is 0.229 e. The van der Waals surface area contributed by atoms with E-state index < -0.39 is 5.41 Å². The van der Waals surface area contributed by atoms with Crippen LogP contribution in [0, 0.1) is 25.2 Å². The quantitative estimate of drug-likeness (QED) is 0.902. The minimum Gasteiger partial charge on any atom is -0.355 e. The van der Waals surface area contributed by atoms with Crippen molar-refractivity contribution in [3.63, 3.8) is 0 Å². The van der Waals surface area contributed by atoms with Gasteiger partial charge in [-0.3, -0.25) is 9.59 Å². The van der Waals surface area contributed by atoms with Crippen molar-refractivity contribution in [2.45, 2.75) is 34.1 Å². The van der Waals surface area contributed by atoms with Gasteiger partial charge in [-0.2, -0.15) is 0 Å². The van der Waals surface area contributed by atoms with Crippen LogP contribution in [0.15, 0.2) is 30.6 Å². The molecule has 0 spiro atoms. The molecular formula is C19H24N4O2. The lowest BCUT2D eigenvalue weighted by Crippen LogP contribution is -2.49. The third-order valence-electron chi connectivity index (χ3n) is 4.92. The van der Waals surface area contributed by atoms with Crippen LogP contribution in [0.1, 0.15) is 31.7 Å². The van der Waals surface area contributed by atoms with Crippen LogP contribution in [0.4, 0.5) is 5.69 Å². The van der Waals surface area contributed by atoms with Gasteiger partial charge >= 0.3 is 0 Å². The first-order valence-corrected chi connectivity index (χ1v) is 8.48. The van der Waals surface area contributed by atoms with Crippen LogP contribution in [0.3, 0.4) is 0 Å². The summed E-state index contributed by atoms with van der Waals surface area (Å²) in [4.78, 5) is 28.6. The van der Waals surface area contributed by atoms with Gasteiger partial charge in [0.1, 0.15) is 0 Å². The zero-order valence-electron chi connectivity index (χ0n) is 15.1. The predicted molar refractivity (Wildman–Crippen MR) is 96.6 cm³/mol. The molecule has 0 aliphatic carbocycles. The van der Waals surface area contributed by atoms with Gasteiger partial charge in [-0.15, -0.1) is 0 Å². The van der Waals surface area contributed by atoms with Gasteiger partial charge in [0.25, 0.3) is 0 Å². The average molecular weight is 340 g/mol. The van der Waals surface area contributed by atoms with E-state index in [9.17, 15) is 9.59 Å². The molecular weight excluding hydrogens is 316 g/mol. The van der Waals surface area contributed by atoms with Crippen LogP contribution in [-0.2, 0) is 9.59 Å². The van der Waals surface area contributed by atoms with E-state index in [1.165, 1.54) is 0 Å². The number of piperidine rings is 1. The molecule has 1 aromatic heterocycles. The molecule has 1 saturated heterocycles. The number of carbonyl (C=O) groups excluding carboxylic acids is 2. The Hall–Kier alpha value is -2.63. The summed E-state index contributed by atoms with van der Waals surface area (Å²) in [6.07, 6.45) is 2.35. The van der Waals surface area contributed by atoms with E-state index in [1.807, 2.05) is 56.5 Å². The molecule has 6 nitrogen and oxygen atoms in total. The van der Waals surface area contributed by atoms with E-state index in [0.717, 1.165) is 22.8 Å². The molecule has 1 unspecified atom stereocenters. The molecule has 1 fully saturated rings.